The SMILES string of the molecule is O=C(O)CCCC(=O)c1ccc(-c2cc(F)ccc2CNc2ccc(-c3ccc(Cl)cc3Cl)c(F)c2)cn1. The second kappa shape index (κ2) is 12.2. The summed E-state index contributed by atoms with van der Waals surface area (Å²) in [6, 6.07) is 17.1. The molecule has 0 bridgehead atoms. The molecule has 9 heteroatoms. The number of hydrogen-bond donors (Lipinski definition) is 2. The summed E-state index contributed by atoms with van der Waals surface area (Å²) in [5.74, 6) is -2.12. The van der Waals surface area contributed by atoms with Gasteiger partial charge in [-0.1, -0.05) is 41.4 Å². The molecule has 4 aromatic rings. The van der Waals surface area contributed by atoms with Crippen LogP contribution in [0.2, 0.25) is 10.0 Å². The summed E-state index contributed by atoms with van der Waals surface area (Å²) in [6.07, 6.45) is 1.69. The molecule has 0 fully saturated rings. The maximum absolute atomic E-state index is 14.9. The van der Waals surface area contributed by atoms with Gasteiger partial charge in [0.25, 0.3) is 0 Å². The lowest BCUT2D eigenvalue weighted by Crippen LogP contribution is -2.05. The van der Waals surface area contributed by atoms with Crippen LogP contribution in [0.25, 0.3) is 22.3 Å². The standard InChI is InChI=1S/C29H22Cl2F2N2O3/c30-19-6-9-22(25(31)12-19)23-10-8-21(14-26(23)33)34-15-17-4-7-20(32)13-24(17)18-5-11-27(35-16-18)28(36)2-1-3-29(37)38/h4-14,16,34H,1-3,15H2,(H,37,38). The highest BCUT2D eigenvalue weighted by Gasteiger charge is 2.13. The number of hydrogen-bond acceptors (Lipinski definition) is 4. The van der Waals surface area contributed by atoms with E-state index in [9.17, 15) is 18.4 Å². The molecule has 0 aliphatic rings. The van der Waals surface area contributed by atoms with Crippen LogP contribution in [0.1, 0.15) is 35.3 Å². The Bertz CT molecular complexity index is 1490. The van der Waals surface area contributed by atoms with Gasteiger partial charge in [-0.15, -0.1) is 0 Å². The molecule has 2 N–H and O–H groups in total. The summed E-state index contributed by atoms with van der Waals surface area (Å²) in [5.41, 5.74) is 3.50. The van der Waals surface area contributed by atoms with Gasteiger partial charge in [0.05, 0.1) is 0 Å². The third kappa shape index (κ3) is 6.73. The van der Waals surface area contributed by atoms with Crippen molar-refractivity contribution < 1.29 is 23.5 Å². The number of carboxylic acids is 1. The third-order valence-corrected chi connectivity index (χ3v) is 6.45. The van der Waals surface area contributed by atoms with Crippen molar-refractivity contribution in [1.82, 2.24) is 4.98 Å². The van der Waals surface area contributed by atoms with Crippen LogP contribution >= 0.6 is 23.2 Å². The van der Waals surface area contributed by atoms with Gasteiger partial charge in [-0.05, 0) is 66.1 Å². The van der Waals surface area contributed by atoms with E-state index in [2.05, 4.69) is 10.3 Å². The molecule has 4 rings (SSSR count). The van der Waals surface area contributed by atoms with Gasteiger partial charge in [0.15, 0.2) is 5.78 Å². The maximum Gasteiger partial charge on any atom is 0.303 e. The normalized spacial score (nSPS) is 10.8. The molecule has 0 aliphatic heterocycles. The molecule has 0 aliphatic carbocycles. The Balaban J connectivity index is 1.49. The average Bonchev–Trinajstić information content (AvgIpc) is 2.88. The molecule has 0 saturated carbocycles. The van der Waals surface area contributed by atoms with E-state index < -0.39 is 17.6 Å². The minimum atomic E-state index is -0.960. The molecule has 0 saturated heterocycles. The van der Waals surface area contributed by atoms with Crippen molar-refractivity contribution in [1.29, 1.82) is 0 Å². The molecule has 5 nitrogen and oxygen atoms in total. The van der Waals surface area contributed by atoms with Crippen molar-refractivity contribution in [3.05, 3.63) is 106 Å². The number of rotatable bonds is 10. The zero-order valence-electron chi connectivity index (χ0n) is 20.0. The van der Waals surface area contributed by atoms with E-state index in [1.165, 1.54) is 30.5 Å². The zero-order chi connectivity index (χ0) is 27.2. The van der Waals surface area contributed by atoms with Crippen molar-refractivity contribution in [3.63, 3.8) is 0 Å². The van der Waals surface area contributed by atoms with E-state index in [0.29, 0.717) is 38.0 Å². The summed E-state index contributed by atoms with van der Waals surface area (Å²) < 4.78 is 29.0. The molecule has 38 heavy (non-hydrogen) atoms. The Morgan fingerprint density at radius 1 is 0.868 bits per heavy atom. The number of nitrogens with one attached hydrogen (secondary N) is 1. The number of pyridine rings is 1. The van der Waals surface area contributed by atoms with Crippen molar-refractivity contribution in [2.45, 2.75) is 25.8 Å². The number of benzene rings is 3. The fourth-order valence-corrected chi connectivity index (χ4v) is 4.48. The summed E-state index contributed by atoms with van der Waals surface area (Å²) in [5, 5.41) is 12.7. The zero-order valence-corrected chi connectivity index (χ0v) is 21.5. The second-order valence-corrected chi connectivity index (χ2v) is 9.42. The van der Waals surface area contributed by atoms with Gasteiger partial charge in [-0.3, -0.25) is 14.6 Å². The van der Waals surface area contributed by atoms with Crippen molar-refractivity contribution in [2.24, 2.45) is 0 Å². The molecule has 0 radical (unpaired) electrons. The van der Waals surface area contributed by atoms with Crippen LogP contribution in [0.15, 0.2) is 72.9 Å². The van der Waals surface area contributed by atoms with Crippen molar-refractivity contribution in [2.75, 3.05) is 5.32 Å². The highest BCUT2D eigenvalue weighted by atomic mass is 35.5. The van der Waals surface area contributed by atoms with Crippen LogP contribution in [0.3, 0.4) is 0 Å². The second-order valence-electron chi connectivity index (χ2n) is 8.58. The molecular formula is C29H22Cl2F2N2O3. The van der Waals surface area contributed by atoms with E-state index in [4.69, 9.17) is 28.3 Å². The molecule has 0 spiro atoms. The van der Waals surface area contributed by atoms with Crippen molar-refractivity contribution >= 4 is 40.6 Å². The molecule has 0 unspecified atom stereocenters. The average molecular weight is 555 g/mol. The first kappa shape index (κ1) is 27.2. The first-order valence-corrected chi connectivity index (χ1v) is 12.5. The van der Waals surface area contributed by atoms with Gasteiger partial charge in [0, 0.05) is 58.0 Å². The molecular weight excluding hydrogens is 533 g/mol. The summed E-state index contributed by atoms with van der Waals surface area (Å²) >= 11 is 12.2. The lowest BCUT2D eigenvalue weighted by Gasteiger charge is -2.14. The molecule has 1 aromatic heterocycles. The van der Waals surface area contributed by atoms with Crippen molar-refractivity contribution in [3.8, 4) is 22.3 Å². The smallest absolute Gasteiger partial charge is 0.303 e. The van der Waals surface area contributed by atoms with E-state index >= 15 is 0 Å². The number of carbonyl (C=O) groups excluding carboxylic acids is 1. The van der Waals surface area contributed by atoms with E-state index in [-0.39, 0.29) is 37.3 Å². The molecule has 0 amide bonds. The minimum Gasteiger partial charge on any atom is -0.481 e. The highest BCUT2D eigenvalue weighted by Crippen LogP contribution is 2.33. The summed E-state index contributed by atoms with van der Waals surface area (Å²) in [4.78, 5) is 27.1. The Morgan fingerprint density at radius 3 is 2.34 bits per heavy atom. The number of ketones is 1. The van der Waals surface area contributed by atoms with Crippen LogP contribution < -0.4 is 5.32 Å². The van der Waals surface area contributed by atoms with Crippen LogP contribution in [0.5, 0.6) is 0 Å². The van der Waals surface area contributed by atoms with Crippen LogP contribution in [-0.2, 0) is 11.3 Å². The number of anilines is 1. The molecule has 3 aromatic carbocycles. The third-order valence-electron chi connectivity index (χ3n) is 5.90. The Hall–Kier alpha value is -3.81. The Labute approximate surface area is 228 Å². The lowest BCUT2D eigenvalue weighted by molar-refractivity contribution is -0.137. The Kier molecular flexibility index (Phi) is 8.71. The predicted octanol–water partition coefficient (Wildman–Crippen LogP) is 8.05. The molecule has 0 atom stereocenters. The van der Waals surface area contributed by atoms with Gasteiger partial charge < -0.3 is 10.4 Å². The predicted molar refractivity (Wildman–Crippen MR) is 145 cm³/mol. The number of aromatic nitrogens is 1. The van der Waals surface area contributed by atoms with Gasteiger partial charge in [-0.2, -0.15) is 0 Å². The quantitative estimate of drug-likeness (QED) is 0.194. The minimum absolute atomic E-state index is 0.0767. The molecule has 194 valence electrons. The first-order valence-electron chi connectivity index (χ1n) is 11.7. The number of nitrogens with zero attached hydrogens (tertiary/aromatic N) is 1. The summed E-state index contributed by atoms with van der Waals surface area (Å²) in [6.45, 7) is 0.270. The number of halogens is 4. The monoisotopic (exact) mass is 554 g/mol. The fourth-order valence-electron chi connectivity index (χ4n) is 3.97. The number of aliphatic carboxylic acids is 1. The largest absolute Gasteiger partial charge is 0.481 e. The lowest BCUT2D eigenvalue weighted by atomic mass is 9.99. The Morgan fingerprint density at radius 2 is 1.66 bits per heavy atom. The van der Waals surface area contributed by atoms with Crippen LogP contribution in [0.4, 0.5) is 14.5 Å². The highest BCUT2D eigenvalue weighted by molar-refractivity contribution is 6.36. The van der Waals surface area contributed by atoms with Gasteiger partial charge >= 0.3 is 5.97 Å². The topological polar surface area (TPSA) is 79.3 Å². The number of Topliss-reactive ketones (excluding diaryl/α,β-unsaturated/α-hetero) is 1. The van der Waals surface area contributed by atoms with Gasteiger partial charge in [0.2, 0.25) is 0 Å². The number of carboxylic acid groups (broad SMARTS) is 1. The van der Waals surface area contributed by atoms with Gasteiger partial charge in [0.1, 0.15) is 17.3 Å². The van der Waals surface area contributed by atoms with Crippen LogP contribution in [-0.4, -0.2) is 21.8 Å². The summed E-state index contributed by atoms with van der Waals surface area (Å²) in [7, 11) is 0. The van der Waals surface area contributed by atoms with E-state index in [1.807, 2.05) is 0 Å². The van der Waals surface area contributed by atoms with Gasteiger partial charge in [-0.25, -0.2) is 8.78 Å². The fraction of sp³-hybridized carbons (Fsp3) is 0.138. The number of carbonyl (C=O) groups is 2. The maximum atomic E-state index is 14.9. The van der Waals surface area contributed by atoms with E-state index in [1.54, 1.807) is 42.5 Å². The molecule has 1 heterocycles. The van der Waals surface area contributed by atoms with Crippen LogP contribution in [0, 0.1) is 11.6 Å². The van der Waals surface area contributed by atoms with E-state index in [0.717, 1.165) is 5.56 Å². The first-order chi connectivity index (χ1) is 18.2.